The maximum atomic E-state index is 13.3. The zero-order chi connectivity index (χ0) is 21.7. The van der Waals surface area contributed by atoms with Gasteiger partial charge in [-0.3, -0.25) is 14.5 Å². The van der Waals surface area contributed by atoms with Crippen molar-refractivity contribution in [3.63, 3.8) is 0 Å². The number of amides is 2. The minimum atomic E-state index is -0.480. The molecule has 0 saturated carbocycles. The lowest BCUT2D eigenvalue weighted by Crippen LogP contribution is -2.57. The van der Waals surface area contributed by atoms with Crippen molar-refractivity contribution in [1.82, 2.24) is 15.1 Å². The van der Waals surface area contributed by atoms with Crippen LogP contribution in [0.3, 0.4) is 0 Å². The molecule has 0 aliphatic carbocycles. The lowest BCUT2D eigenvalue weighted by Gasteiger charge is -2.47. The van der Waals surface area contributed by atoms with Crippen molar-refractivity contribution in [2.75, 3.05) is 26.2 Å². The summed E-state index contributed by atoms with van der Waals surface area (Å²) < 4.78 is 0. The van der Waals surface area contributed by atoms with Crippen LogP contribution in [0.5, 0.6) is 0 Å². The van der Waals surface area contributed by atoms with Crippen molar-refractivity contribution < 1.29 is 14.7 Å². The number of aliphatic hydroxyl groups excluding tert-OH is 1. The van der Waals surface area contributed by atoms with Gasteiger partial charge in [-0.15, -0.1) is 0 Å². The van der Waals surface area contributed by atoms with Gasteiger partial charge in [-0.05, 0) is 36.5 Å². The summed E-state index contributed by atoms with van der Waals surface area (Å²) in [5, 5.41) is 11.9. The lowest BCUT2D eigenvalue weighted by atomic mass is 9.82. The number of carbonyl (C=O) groups excluding carboxylic acids is 2. The second-order valence-electron chi connectivity index (χ2n) is 8.64. The maximum absolute atomic E-state index is 13.3. The summed E-state index contributed by atoms with van der Waals surface area (Å²) in [6, 6.07) is 18.2. The van der Waals surface area contributed by atoms with Crippen LogP contribution in [0.4, 0.5) is 0 Å². The van der Waals surface area contributed by atoms with Gasteiger partial charge in [-0.25, -0.2) is 0 Å². The zero-order valence-electron chi connectivity index (χ0n) is 17.9. The predicted molar refractivity (Wildman–Crippen MR) is 119 cm³/mol. The smallest absolute Gasteiger partial charge is 0.254 e. The Hall–Kier alpha value is -2.70. The Balaban J connectivity index is 1.49. The number of carbonyl (C=O) groups is 2. The van der Waals surface area contributed by atoms with E-state index in [9.17, 15) is 9.59 Å². The van der Waals surface area contributed by atoms with Gasteiger partial charge in [0.2, 0.25) is 5.91 Å². The zero-order valence-corrected chi connectivity index (χ0v) is 17.9. The standard InChI is InChI=1S/C25H31N3O3/c29-16-6-13-26-23(30)17-25(28-19-21-9-4-5-10-22(21)24(28)31)11-14-27(15-12-25)18-20-7-2-1-3-8-20/h1-5,7-10,29H,6,11-19H2,(H,26,30). The second kappa shape index (κ2) is 9.62. The SMILES string of the molecule is O=C(CC1(N2Cc3ccccc3C2=O)CCN(Cc2ccccc2)CC1)NCCCO. The predicted octanol–water partition coefficient (Wildman–Crippen LogP) is 2.57. The van der Waals surface area contributed by atoms with Crippen LogP contribution in [0.2, 0.25) is 0 Å². The summed E-state index contributed by atoms with van der Waals surface area (Å²) in [5.74, 6) is -0.0102. The van der Waals surface area contributed by atoms with Crippen LogP contribution in [0, 0.1) is 0 Å². The first-order valence-corrected chi connectivity index (χ1v) is 11.1. The molecule has 0 atom stereocenters. The van der Waals surface area contributed by atoms with E-state index in [0.29, 0.717) is 25.9 Å². The minimum absolute atomic E-state index is 0.0373. The van der Waals surface area contributed by atoms with Gasteiger partial charge in [-0.1, -0.05) is 48.5 Å². The average molecular weight is 422 g/mol. The van der Waals surface area contributed by atoms with E-state index in [1.807, 2.05) is 35.2 Å². The second-order valence-corrected chi connectivity index (χ2v) is 8.64. The van der Waals surface area contributed by atoms with Crippen LogP contribution in [0.25, 0.3) is 0 Å². The molecule has 6 heteroatoms. The molecule has 0 spiro atoms. The maximum Gasteiger partial charge on any atom is 0.254 e. The third-order valence-corrected chi connectivity index (χ3v) is 6.58. The largest absolute Gasteiger partial charge is 0.396 e. The summed E-state index contributed by atoms with van der Waals surface area (Å²) >= 11 is 0. The molecule has 1 saturated heterocycles. The van der Waals surface area contributed by atoms with E-state index in [2.05, 4.69) is 34.5 Å². The Kier molecular flexibility index (Phi) is 6.68. The summed E-state index contributed by atoms with van der Waals surface area (Å²) in [6.07, 6.45) is 2.38. The van der Waals surface area contributed by atoms with E-state index in [-0.39, 0.29) is 18.4 Å². The Morgan fingerprint density at radius 3 is 2.45 bits per heavy atom. The van der Waals surface area contributed by atoms with Crippen LogP contribution in [0.1, 0.15) is 47.2 Å². The number of benzene rings is 2. The van der Waals surface area contributed by atoms with E-state index in [0.717, 1.165) is 43.6 Å². The Labute approximate surface area is 183 Å². The lowest BCUT2D eigenvalue weighted by molar-refractivity contribution is -0.124. The number of likely N-dealkylation sites (tertiary alicyclic amines) is 1. The third kappa shape index (κ3) is 4.81. The molecule has 2 heterocycles. The van der Waals surface area contributed by atoms with Crippen molar-refractivity contribution in [2.24, 2.45) is 0 Å². The molecule has 0 aromatic heterocycles. The Bertz CT molecular complexity index is 907. The average Bonchev–Trinajstić information content (AvgIpc) is 3.14. The topological polar surface area (TPSA) is 72.9 Å². The highest BCUT2D eigenvalue weighted by Gasteiger charge is 2.46. The van der Waals surface area contributed by atoms with Gasteiger partial charge < -0.3 is 15.3 Å². The molecule has 2 aromatic rings. The molecule has 2 amide bonds. The third-order valence-electron chi connectivity index (χ3n) is 6.58. The summed E-state index contributed by atoms with van der Waals surface area (Å²) in [7, 11) is 0. The van der Waals surface area contributed by atoms with Crippen LogP contribution in [-0.2, 0) is 17.9 Å². The highest BCUT2D eigenvalue weighted by atomic mass is 16.3. The van der Waals surface area contributed by atoms with Crippen molar-refractivity contribution in [3.8, 4) is 0 Å². The fourth-order valence-electron chi connectivity index (χ4n) is 4.82. The van der Waals surface area contributed by atoms with Crippen LogP contribution in [0.15, 0.2) is 54.6 Å². The monoisotopic (exact) mass is 421 g/mol. The van der Waals surface area contributed by atoms with Crippen molar-refractivity contribution in [2.45, 2.75) is 44.3 Å². The number of nitrogens with zero attached hydrogens (tertiary/aromatic N) is 2. The van der Waals surface area contributed by atoms with Gasteiger partial charge in [0.25, 0.3) is 5.91 Å². The number of aliphatic hydroxyl groups is 1. The molecule has 1 fully saturated rings. The van der Waals surface area contributed by atoms with Crippen molar-refractivity contribution in [3.05, 3.63) is 71.3 Å². The van der Waals surface area contributed by atoms with E-state index >= 15 is 0 Å². The molecule has 2 aromatic carbocycles. The van der Waals surface area contributed by atoms with E-state index in [1.165, 1.54) is 5.56 Å². The van der Waals surface area contributed by atoms with Crippen LogP contribution < -0.4 is 5.32 Å². The molecular formula is C25H31N3O3. The number of fused-ring (bicyclic) bond motifs is 1. The van der Waals surface area contributed by atoms with E-state index < -0.39 is 5.54 Å². The number of piperidine rings is 1. The Morgan fingerprint density at radius 2 is 1.74 bits per heavy atom. The molecule has 4 rings (SSSR count). The van der Waals surface area contributed by atoms with Crippen molar-refractivity contribution >= 4 is 11.8 Å². The number of hydrogen-bond donors (Lipinski definition) is 2. The summed E-state index contributed by atoms with van der Waals surface area (Å²) in [4.78, 5) is 30.4. The van der Waals surface area contributed by atoms with Crippen molar-refractivity contribution in [1.29, 1.82) is 0 Å². The molecule has 2 aliphatic rings. The molecule has 2 aliphatic heterocycles. The highest BCUT2D eigenvalue weighted by molar-refractivity contribution is 5.99. The van der Waals surface area contributed by atoms with E-state index in [1.54, 1.807) is 0 Å². The molecule has 0 radical (unpaired) electrons. The number of nitrogens with one attached hydrogen (secondary N) is 1. The first-order chi connectivity index (χ1) is 15.1. The van der Waals surface area contributed by atoms with Gasteiger partial charge >= 0.3 is 0 Å². The molecule has 0 bridgehead atoms. The molecule has 164 valence electrons. The molecular weight excluding hydrogens is 390 g/mol. The number of rotatable bonds is 8. The Morgan fingerprint density at radius 1 is 1.03 bits per heavy atom. The normalized spacial score (nSPS) is 18.1. The van der Waals surface area contributed by atoms with Crippen LogP contribution >= 0.6 is 0 Å². The first-order valence-electron chi connectivity index (χ1n) is 11.1. The van der Waals surface area contributed by atoms with Crippen LogP contribution in [-0.4, -0.2) is 58.5 Å². The van der Waals surface area contributed by atoms with Gasteiger partial charge in [0.05, 0.1) is 12.0 Å². The molecule has 31 heavy (non-hydrogen) atoms. The molecule has 2 N–H and O–H groups in total. The van der Waals surface area contributed by atoms with Gasteiger partial charge in [0.1, 0.15) is 0 Å². The molecule has 6 nitrogen and oxygen atoms in total. The quantitative estimate of drug-likeness (QED) is 0.643. The number of hydrogen-bond acceptors (Lipinski definition) is 4. The van der Waals surface area contributed by atoms with Gasteiger partial charge in [0.15, 0.2) is 0 Å². The summed E-state index contributed by atoms with van der Waals surface area (Å²) in [5.41, 5.74) is 2.60. The highest BCUT2D eigenvalue weighted by Crippen LogP contribution is 2.38. The first kappa shape index (κ1) is 21.5. The van der Waals surface area contributed by atoms with Gasteiger partial charge in [0, 0.05) is 44.9 Å². The van der Waals surface area contributed by atoms with Gasteiger partial charge in [-0.2, -0.15) is 0 Å². The fourth-order valence-corrected chi connectivity index (χ4v) is 4.82. The summed E-state index contributed by atoms with van der Waals surface area (Å²) in [6.45, 7) is 3.66. The minimum Gasteiger partial charge on any atom is -0.396 e. The molecule has 0 unspecified atom stereocenters. The fraction of sp³-hybridized carbons (Fsp3) is 0.440. The van der Waals surface area contributed by atoms with E-state index in [4.69, 9.17) is 5.11 Å².